The van der Waals surface area contributed by atoms with Gasteiger partial charge in [-0.1, -0.05) is 20.8 Å². The quantitative estimate of drug-likeness (QED) is 0.680. The van der Waals surface area contributed by atoms with Crippen molar-refractivity contribution in [3.05, 3.63) is 0 Å². The van der Waals surface area contributed by atoms with Crippen molar-refractivity contribution in [1.82, 2.24) is 5.32 Å². The highest BCUT2D eigenvalue weighted by molar-refractivity contribution is 5.82. The van der Waals surface area contributed by atoms with Crippen LogP contribution in [-0.4, -0.2) is 23.5 Å². The molecule has 0 aromatic carbocycles. The van der Waals surface area contributed by atoms with E-state index in [4.69, 9.17) is 5.11 Å². The Labute approximate surface area is 84.7 Å². The van der Waals surface area contributed by atoms with Gasteiger partial charge in [-0.15, -0.1) is 0 Å². The van der Waals surface area contributed by atoms with E-state index in [9.17, 15) is 9.59 Å². The van der Waals surface area contributed by atoms with Gasteiger partial charge in [-0.2, -0.15) is 0 Å². The molecule has 0 fully saturated rings. The largest absolute Gasteiger partial charge is 0.481 e. The Hall–Kier alpha value is -1.06. The zero-order valence-corrected chi connectivity index (χ0v) is 9.04. The lowest BCUT2D eigenvalue weighted by molar-refractivity contribution is -0.145. The highest BCUT2D eigenvalue weighted by atomic mass is 16.4. The molecule has 0 radical (unpaired) electrons. The molecule has 0 aliphatic rings. The minimum Gasteiger partial charge on any atom is -0.481 e. The molecule has 2 N–H and O–H groups in total. The van der Waals surface area contributed by atoms with Crippen molar-refractivity contribution < 1.29 is 14.7 Å². The number of carbonyl (C=O) groups is 2. The fourth-order valence-corrected chi connectivity index (χ4v) is 1.14. The zero-order chi connectivity index (χ0) is 11.1. The maximum Gasteiger partial charge on any atom is 0.307 e. The molecule has 0 heterocycles. The zero-order valence-electron chi connectivity index (χ0n) is 9.04. The fraction of sp³-hybridized carbons (Fsp3) is 0.800. The van der Waals surface area contributed by atoms with Gasteiger partial charge in [0.05, 0.1) is 5.92 Å². The molecule has 14 heavy (non-hydrogen) atoms. The molecule has 0 spiro atoms. The van der Waals surface area contributed by atoms with Crippen molar-refractivity contribution in [1.29, 1.82) is 0 Å². The van der Waals surface area contributed by atoms with Gasteiger partial charge < -0.3 is 10.4 Å². The molecular weight excluding hydrogens is 182 g/mol. The van der Waals surface area contributed by atoms with Crippen LogP contribution in [0, 0.1) is 11.8 Å². The number of aliphatic carboxylic acids is 1. The van der Waals surface area contributed by atoms with E-state index in [0.29, 0.717) is 6.54 Å². The third-order valence-corrected chi connectivity index (χ3v) is 2.10. The first-order chi connectivity index (χ1) is 6.49. The topological polar surface area (TPSA) is 66.4 Å². The fourth-order valence-electron chi connectivity index (χ4n) is 1.14. The van der Waals surface area contributed by atoms with E-state index in [1.165, 1.54) is 0 Å². The lowest BCUT2D eigenvalue weighted by Gasteiger charge is -2.15. The second-order valence-corrected chi connectivity index (χ2v) is 3.74. The predicted octanol–water partition coefficient (Wildman–Crippen LogP) is 1.26. The average molecular weight is 201 g/mol. The molecule has 1 amide bonds. The number of nitrogens with one attached hydrogen (secondary N) is 1. The molecule has 1 atom stereocenters. The second kappa shape index (κ2) is 6.40. The van der Waals surface area contributed by atoms with E-state index in [-0.39, 0.29) is 18.2 Å². The minimum absolute atomic E-state index is 0.0140. The van der Waals surface area contributed by atoms with Crippen molar-refractivity contribution in [2.45, 2.75) is 33.6 Å². The van der Waals surface area contributed by atoms with Crippen LogP contribution in [-0.2, 0) is 9.59 Å². The predicted molar refractivity (Wildman–Crippen MR) is 53.9 cm³/mol. The van der Waals surface area contributed by atoms with Crippen LogP contribution in [0.25, 0.3) is 0 Å². The first-order valence-electron chi connectivity index (χ1n) is 4.98. The van der Waals surface area contributed by atoms with E-state index in [0.717, 1.165) is 6.42 Å². The Bertz CT molecular complexity index is 202. The van der Waals surface area contributed by atoms with Crippen molar-refractivity contribution in [3.63, 3.8) is 0 Å². The first-order valence-corrected chi connectivity index (χ1v) is 4.98. The second-order valence-electron chi connectivity index (χ2n) is 3.74. The van der Waals surface area contributed by atoms with Gasteiger partial charge in [-0.25, -0.2) is 0 Å². The summed E-state index contributed by atoms with van der Waals surface area (Å²) in [6, 6.07) is 0. The smallest absolute Gasteiger partial charge is 0.307 e. The van der Waals surface area contributed by atoms with Crippen molar-refractivity contribution >= 4 is 11.9 Å². The molecule has 0 bridgehead atoms. The molecule has 0 rings (SSSR count). The molecule has 82 valence electrons. The summed E-state index contributed by atoms with van der Waals surface area (Å²) in [6.45, 7) is 6.19. The van der Waals surface area contributed by atoms with E-state index < -0.39 is 11.9 Å². The number of carbonyl (C=O) groups excluding carboxylic acids is 1. The molecule has 1 unspecified atom stereocenters. The average Bonchev–Trinajstić information content (AvgIpc) is 2.09. The highest BCUT2D eigenvalue weighted by Crippen LogP contribution is 2.15. The van der Waals surface area contributed by atoms with Gasteiger partial charge in [-0.3, -0.25) is 9.59 Å². The van der Waals surface area contributed by atoms with Crippen LogP contribution in [0.15, 0.2) is 0 Å². The molecule has 0 aromatic rings. The standard InChI is InChI=1S/C10H19NO3/c1-4-5-11-9(12)6-8(7(2)3)10(13)14/h7-8H,4-6H2,1-3H3,(H,11,12)(H,13,14). The number of hydrogen-bond donors (Lipinski definition) is 2. The summed E-state index contributed by atoms with van der Waals surface area (Å²) >= 11 is 0. The van der Waals surface area contributed by atoms with Gasteiger partial charge in [0.2, 0.25) is 5.91 Å². The monoisotopic (exact) mass is 201 g/mol. The summed E-state index contributed by atoms with van der Waals surface area (Å²) in [5.74, 6) is -1.66. The Balaban J connectivity index is 4.04. The molecular formula is C10H19NO3. The highest BCUT2D eigenvalue weighted by Gasteiger charge is 2.24. The van der Waals surface area contributed by atoms with Crippen LogP contribution in [0.1, 0.15) is 33.6 Å². The van der Waals surface area contributed by atoms with E-state index in [1.54, 1.807) is 0 Å². The molecule has 0 aliphatic carbocycles. The van der Waals surface area contributed by atoms with Gasteiger partial charge in [0.25, 0.3) is 0 Å². The number of carboxylic acids is 1. The van der Waals surface area contributed by atoms with Gasteiger partial charge in [0, 0.05) is 13.0 Å². The summed E-state index contributed by atoms with van der Waals surface area (Å²) in [5, 5.41) is 11.5. The number of amides is 1. The molecule has 0 aromatic heterocycles. The lowest BCUT2D eigenvalue weighted by atomic mass is 9.92. The van der Waals surface area contributed by atoms with Crippen LogP contribution in [0.2, 0.25) is 0 Å². The first kappa shape index (κ1) is 12.9. The summed E-state index contributed by atoms with van der Waals surface area (Å²) in [6.07, 6.45) is 0.943. The Morgan fingerprint density at radius 2 is 1.93 bits per heavy atom. The Morgan fingerprint density at radius 1 is 1.36 bits per heavy atom. The van der Waals surface area contributed by atoms with E-state index in [1.807, 2.05) is 20.8 Å². The number of carboxylic acid groups (broad SMARTS) is 1. The van der Waals surface area contributed by atoms with Gasteiger partial charge >= 0.3 is 5.97 Å². The summed E-state index contributed by atoms with van der Waals surface area (Å²) in [7, 11) is 0. The van der Waals surface area contributed by atoms with Crippen LogP contribution in [0.3, 0.4) is 0 Å². The normalized spacial score (nSPS) is 12.6. The third-order valence-electron chi connectivity index (χ3n) is 2.10. The summed E-state index contributed by atoms with van der Waals surface area (Å²) < 4.78 is 0. The van der Waals surface area contributed by atoms with E-state index in [2.05, 4.69) is 5.32 Å². The summed E-state index contributed by atoms with van der Waals surface area (Å²) in [4.78, 5) is 22.0. The number of rotatable bonds is 6. The van der Waals surface area contributed by atoms with Crippen molar-refractivity contribution in [3.8, 4) is 0 Å². The Morgan fingerprint density at radius 3 is 2.29 bits per heavy atom. The van der Waals surface area contributed by atoms with Crippen molar-refractivity contribution in [2.75, 3.05) is 6.54 Å². The molecule has 4 nitrogen and oxygen atoms in total. The van der Waals surface area contributed by atoms with Crippen LogP contribution >= 0.6 is 0 Å². The Kier molecular flexibility index (Phi) is 5.92. The third kappa shape index (κ3) is 4.84. The van der Waals surface area contributed by atoms with Crippen molar-refractivity contribution in [2.24, 2.45) is 11.8 Å². The van der Waals surface area contributed by atoms with Gasteiger partial charge in [-0.05, 0) is 12.3 Å². The van der Waals surface area contributed by atoms with Crippen LogP contribution in [0.4, 0.5) is 0 Å². The minimum atomic E-state index is -0.897. The number of hydrogen-bond acceptors (Lipinski definition) is 2. The maximum absolute atomic E-state index is 11.2. The molecule has 0 saturated carbocycles. The van der Waals surface area contributed by atoms with Gasteiger partial charge in [0.1, 0.15) is 0 Å². The van der Waals surface area contributed by atoms with Crippen LogP contribution in [0.5, 0.6) is 0 Å². The maximum atomic E-state index is 11.2. The van der Waals surface area contributed by atoms with E-state index >= 15 is 0 Å². The molecule has 0 aliphatic heterocycles. The SMILES string of the molecule is CCCNC(=O)CC(C(=O)O)C(C)C. The lowest BCUT2D eigenvalue weighted by Crippen LogP contribution is -2.31. The molecule has 4 heteroatoms. The summed E-state index contributed by atoms with van der Waals surface area (Å²) in [5.41, 5.74) is 0. The molecule has 0 saturated heterocycles. The van der Waals surface area contributed by atoms with Crippen LogP contribution < -0.4 is 5.32 Å². The van der Waals surface area contributed by atoms with Gasteiger partial charge in [0.15, 0.2) is 0 Å².